The third-order valence-electron chi connectivity index (χ3n) is 2.29. The second kappa shape index (κ2) is 4.23. The van der Waals surface area contributed by atoms with Crippen LogP contribution in [-0.4, -0.2) is 20.1 Å². The van der Waals surface area contributed by atoms with Crippen LogP contribution in [0.4, 0.5) is 0 Å². The van der Waals surface area contributed by atoms with Gasteiger partial charge in [0.05, 0.1) is 18.5 Å². The molecule has 1 aromatic heterocycles. The first-order valence-corrected chi connectivity index (χ1v) is 4.95. The van der Waals surface area contributed by atoms with Gasteiger partial charge in [0.1, 0.15) is 5.69 Å². The molecule has 2 rings (SSSR count). The topological polar surface area (TPSA) is 50.9 Å². The van der Waals surface area contributed by atoms with E-state index in [0.29, 0.717) is 5.69 Å². The number of rotatable bonds is 3. The molecule has 0 radical (unpaired) electrons. The maximum atomic E-state index is 8.88. The van der Waals surface area contributed by atoms with E-state index in [1.165, 1.54) is 5.56 Å². The van der Waals surface area contributed by atoms with Crippen LogP contribution >= 0.6 is 0 Å². The van der Waals surface area contributed by atoms with Crippen LogP contribution in [0.1, 0.15) is 18.2 Å². The fraction of sp³-hybridized carbons (Fsp3) is 0.273. The van der Waals surface area contributed by atoms with E-state index in [9.17, 15) is 0 Å². The van der Waals surface area contributed by atoms with Crippen molar-refractivity contribution in [2.75, 3.05) is 0 Å². The average molecular weight is 203 g/mol. The Balaban J connectivity index is 2.35. The van der Waals surface area contributed by atoms with Crippen molar-refractivity contribution in [3.63, 3.8) is 0 Å². The number of nitrogens with zero attached hydrogens (tertiary/aromatic N) is 3. The lowest BCUT2D eigenvalue weighted by atomic mass is 10.1. The van der Waals surface area contributed by atoms with E-state index in [1.54, 1.807) is 10.9 Å². The van der Waals surface area contributed by atoms with E-state index in [0.717, 1.165) is 12.1 Å². The van der Waals surface area contributed by atoms with E-state index in [-0.39, 0.29) is 6.61 Å². The van der Waals surface area contributed by atoms with Gasteiger partial charge in [0, 0.05) is 0 Å². The zero-order chi connectivity index (χ0) is 10.7. The van der Waals surface area contributed by atoms with Crippen molar-refractivity contribution < 1.29 is 5.11 Å². The highest BCUT2D eigenvalue weighted by atomic mass is 16.3. The highest BCUT2D eigenvalue weighted by molar-refractivity contribution is 5.35. The van der Waals surface area contributed by atoms with Crippen molar-refractivity contribution >= 4 is 0 Å². The van der Waals surface area contributed by atoms with Crippen LogP contribution in [0.5, 0.6) is 0 Å². The second-order valence-electron chi connectivity index (χ2n) is 3.34. The van der Waals surface area contributed by atoms with Crippen LogP contribution in [0.2, 0.25) is 0 Å². The van der Waals surface area contributed by atoms with Gasteiger partial charge >= 0.3 is 0 Å². The Labute approximate surface area is 88.2 Å². The molecule has 0 saturated heterocycles. The Morgan fingerprint density at radius 1 is 1.40 bits per heavy atom. The van der Waals surface area contributed by atoms with Gasteiger partial charge in [-0.3, -0.25) is 0 Å². The molecule has 0 fully saturated rings. The van der Waals surface area contributed by atoms with Gasteiger partial charge in [0.2, 0.25) is 0 Å². The lowest BCUT2D eigenvalue weighted by Gasteiger charge is -2.01. The van der Waals surface area contributed by atoms with E-state index >= 15 is 0 Å². The predicted octanol–water partition coefficient (Wildman–Crippen LogP) is 1.32. The Morgan fingerprint density at radius 3 is 2.93 bits per heavy atom. The number of aliphatic hydroxyl groups excluding tert-OH is 1. The molecule has 0 unspecified atom stereocenters. The maximum Gasteiger partial charge on any atom is 0.109 e. The van der Waals surface area contributed by atoms with Crippen LogP contribution in [0, 0.1) is 0 Å². The highest BCUT2D eigenvalue weighted by Gasteiger charge is 2.01. The lowest BCUT2D eigenvalue weighted by molar-refractivity contribution is 0.276. The second-order valence-corrected chi connectivity index (χ2v) is 3.34. The Hall–Kier alpha value is -1.68. The van der Waals surface area contributed by atoms with Crippen molar-refractivity contribution in [3.8, 4) is 5.69 Å². The summed E-state index contributed by atoms with van der Waals surface area (Å²) >= 11 is 0. The van der Waals surface area contributed by atoms with Gasteiger partial charge in [-0.15, -0.1) is 5.10 Å². The van der Waals surface area contributed by atoms with Gasteiger partial charge in [-0.2, -0.15) is 0 Å². The SMILES string of the molecule is CCc1cccc(-n2cc(CO)nn2)c1. The lowest BCUT2D eigenvalue weighted by Crippen LogP contribution is -1.95. The molecule has 0 aliphatic heterocycles. The Kier molecular flexibility index (Phi) is 2.78. The molecule has 0 saturated carbocycles. The zero-order valence-electron chi connectivity index (χ0n) is 8.59. The van der Waals surface area contributed by atoms with Gasteiger partial charge in [-0.25, -0.2) is 4.68 Å². The maximum absolute atomic E-state index is 8.88. The van der Waals surface area contributed by atoms with E-state index in [2.05, 4.69) is 29.4 Å². The van der Waals surface area contributed by atoms with Crippen LogP contribution in [0.3, 0.4) is 0 Å². The van der Waals surface area contributed by atoms with E-state index in [4.69, 9.17) is 5.11 Å². The number of aromatic nitrogens is 3. The van der Waals surface area contributed by atoms with Crippen molar-refractivity contribution in [1.82, 2.24) is 15.0 Å². The van der Waals surface area contributed by atoms with Gasteiger partial charge in [0.25, 0.3) is 0 Å². The van der Waals surface area contributed by atoms with E-state index < -0.39 is 0 Å². The van der Waals surface area contributed by atoms with Crippen molar-refractivity contribution in [2.24, 2.45) is 0 Å². The van der Waals surface area contributed by atoms with Crippen LogP contribution in [0.25, 0.3) is 5.69 Å². The summed E-state index contributed by atoms with van der Waals surface area (Å²) in [5.41, 5.74) is 2.81. The summed E-state index contributed by atoms with van der Waals surface area (Å²) in [4.78, 5) is 0. The molecule has 0 amide bonds. The minimum absolute atomic E-state index is 0.0759. The molecule has 2 aromatic rings. The summed E-state index contributed by atoms with van der Waals surface area (Å²) in [5.74, 6) is 0. The summed E-state index contributed by atoms with van der Waals surface area (Å²) in [6.07, 6.45) is 2.73. The molecule has 0 aliphatic carbocycles. The minimum Gasteiger partial charge on any atom is -0.390 e. The average Bonchev–Trinajstić information content (AvgIpc) is 2.78. The van der Waals surface area contributed by atoms with Crippen molar-refractivity contribution in [2.45, 2.75) is 20.0 Å². The first-order chi connectivity index (χ1) is 7.33. The fourth-order valence-corrected chi connectivity index (χ4v) is 1.42. The summed E-state index contributed by atoms with van der Waals surface area (Å²) in [5, 5.41) is 16.7. The third-order valence-corrected chi connectivity index (χ3v) is 2.29. The fourth-order valence-electron chi connectivity index (χ4n) is 1.42. The molecule has 4 nitrogen and oxygen atoms in total. The molecule has 1 heterocycles. The molecule has 15 heavy (non-hydrogen) atoms. The molecule has 0 bridgehead atoms. The summed E-state index contributed by atoms with van der Waals surface area (Å²) in [6.45, 7) is 2.03. The third kappa shape index (κ3) is 2.05. The summed E-state index contributed by atoms with van der Waals surface area (Å²) in [7, 11) is 0. The van der Waals surface area contributed by atoms with Gasteiger partial charge < -0.3 is 5.11 Å². The standard InChI is InChI=1S/C11H13N3O/c1-2-9-4-3-5-11(6-9)14-7-10(8-15)12-13-14/h3-7,15H,2,8H2,1H3. The molecule has 0 spiro atoms. The largest absolute Gasteiger partial charge is 0.390 e. The molecule has 1 aromatic carbocycles. The monoisotopic (exact) mass is 203 g/mol. The molecular formula is C11H13N3O. The first-order valence-electron chi connectivity index (χ1n) is 4.95. The van der Waals surface area contributed by atoms with Crippen LogP contribution in [0.15, 0.2) is 30.5 Å². The smallest absolute Gasteiger partial charge is 0.109 e. The molecule has 0 atom stereocenters. The highest BCUT2D eigenvalue weighted by Crippen LogP contribution is 2.10. The summed E-state index contributed by atoms with van der Waals surface area (Å²) < 4.78 is 1.67. The summed E-state index contributed by atoms with van der Waals surface area (Å²) in [6, 6.07) is 8.10. The minimum atomic E-state index is -0.0759. The predicted molar refractivity (Wildman–Crippen MR) is 56.7 cm³/mol. The zero-order valence-corrected chi connectivity index (χ0v) is 8.59. The van der Waals surface area contributed by atoms with Crippen molar-refractivity contribution in [1.29, 1.82) is 0 Å². The number of hydrogen-bond donors (Lipinski definition) is 1. The van der Waals surface area contributed by atoms with Gasteiger partial charge in [0.15, 0.2) is 0 Å². The molecular weight excluding hydrogens is 190 g/mol. The quantitative estimate of drug-likeness (QED) is 0.818. The number of aryl methyl sites for hydroxylation is 1. The van der Waals surface area contributed by atoms with Crippen LogP contribution < -0.4 is 0 Å². The molecule has 1 N–H and O–H groups in total. The normalized spacial score (nSPS) is 10.5. The molecule has 4 heteroatoms. The molecule has 78 valence electrons. The van der Waals surface area contributed by atoms with E-state index in [1.807, 2.05) is 12.1 Å². The Morgan fingerprint density at radius 2 is 2.27 bits per heavy atom. The number of benzene rings is 1. The number of aliphatic hydroxyl groups is 1. The molecule has 0 aliphatic rings. The van der Waals surface area contributed by atoms with Gasteiger partial charge in [-0.05, 0) is 24.1 Å². The number of hydrogen-bond acceptors (Lipinski definition) is 3. The first kappa shape index (κ1) is 9.86. The van der Waals surface area contributed by atoms with Gasteiger partial charge in [-0.1, -0.05) is 24.3 Å². The van der Waals surface area contributed by atoms with Crippen LogP contribution in [-0.2, 0) is 13.0 Å². The Bertz CT molecular complexity index is 451. The van der Waals surface area contributed by atoms with Crippen molar-refractivity contribution in [3.05, 3.63) is 41.7 Å².